The fraction of sp³-hybridized carbons (Fsp3) is 0.0769. The van der Waals surface area contributed by atoms with Gasteiger partial charge in [-0.1, -0.05) is 11.6 Å². The Kier molecular flexibility index (Phi) is 3.57. The van der Waals surface area contributed by atoms with E-state index in [1.165, 1.54) is 25.4 Å². The minimum atomic E-state index is -1.13. The number of aromatic carboxylic acids is 1. The standard InChI is InChI=1S/C13H10ClNO4/c1-19-11-3-2-8(14)5-9(11)12(16)7-4-10(13(17)18)15-6-7/h2-6,15H,1H3,(H,17,18). The molecule has 2 N–H and O–H groups in total. The number of carbonyl (C=O) groups excluding carboxylic acids is 1. The van der Waals surface area contributed by atoms with Crippen LogP contribution in [0.2, 0.25) is 5.02 Å². The van der Waals surface area contributed by atoms with Gasteiger partial charge in [-0.05, 0) is 24.3 Å². The molecule has 98 valence electrons. The van der Waals surface area contributed by atoms with Crippen LogP contribution in [-0.4, -0.2) is 29.0 Å². The van der Waals surface area contributed by atoms with Crippen molar-refractivity contribution >= 4 is 23.4 Å². The molecule has 5 nitrogen and oxygen atoms in total. The van der Waals surface area contributed by atoms with E-state index < -0.39 is 5.97 Å². The van der Waals surface area contributed by atoms with E-state index in [4.69, 9.17) is 21.4 Å². The molecule has 0 aliphatic rings. The Hall–Kier alpha value is -2.27. The van der Waals surface area contributed by atoms with Crippen molar-refractivity contribution in [2.75, 3.05) is 7.11 Å². The lowest BCUT2D eigenvalue weighted by Crippen LogP contribution is -2.03. The van der Waals surface area contributed by atoms with Crippen molar-refractivity contribution in [2.24, 2.45) is 0 Å². The fourth-order valence-electron chi connectivity index (χ4n) is 1.66. The molecule has 1 aromatic carbocycles. The number of carbonyl (C=O) groups is 2. The highest BCUT2D eigenvalue weighted by atomic mass is 35.5. The van der Waals surface area contributed by atoms with E-state index in [0.717, 1.165) is 0 Å². The van der Waals surface area contributed by atoms with Gasteiger partial charge in [0.25, 0.3) is 0 Å². The van der Waals surface area contributed by atoms with Crippen LogP contribution in [0.1, 0.15) is 26.4 Å². The Morgan fingerprint density at radius 2 is 2.05 bits per heavy atom. The van der Waals surface area contributed by atoms with Crippen molar-refractivity contribution in [3.63, 3.8) is 0 Å². The largest absolute Gasteiger partial charge is 0.496 e. The second-order valence-corrected chi connectivity index (χ2v) is 4.22. The summed E-state index contributed by atoms with van der Waals surface area (Å²) in [4.78, 5) is 25.5. The van der Waals surface area contributed by atoms with E-state index in [0.29, 0.717) is 10.8 Å². The van der Waals surface area contributed by atoms with Gasteiger partial charge in [-0.3, -0.25) is 4.79 Å². The molecule has 1 aromatic heterocycles. The molecule has 1 heterocycles. The first-order chi connectivity index (χ1) is 9.02. The number of aromatic amines is 1. The minimum Gasteiger partial charge on any atom is -0.496 e. The van der Waals surface area contributed by atoms with Crippen LogP contribution < -0.4 is 4.74 Å². The molecule has 0 spiro atoms. The number of aromatic nitrogens is 1. The summed E-state index contributed by atoms with van der Waals surface area (Å²) in [6.07, 6.45) is 1.34. The Morgan fingerprint density at radius 3 is 2.63 bits per heavy atom. The van der Waals surface area contributed by atoms with Gasteiger partial charge in [0.15, 0.2) is 5.78 Å². The number of hydrogen-bond donors (Lipinski definition) is 2. The van der Waals surface area contributed by atoms with Crippen LogP contribution in [0.4, 0.5) is 0 Å². The van der Waals surface area contributed by atoms with Gasteiger partial charge in [0.05, 0.1) is 12.7 Å². The van der Waals surface area contributed by atoms with Crippen LogP contribution in [0.5, 0.6) is 5.75 Å². The van der Waals surface area contributed by atoms with E-state index >= 15 is 0 Å². The molecule has 0 saturated heterocycles. The van der Waals surface area contributed by atoms with E-state index in [2.05, 4.69) is 4.98 Å². The highest BCUT2D eigenvalue weighted by molar-refractivity contribution is 6.31. The first kappa shape index (κ1) is 13.2. The van der Waals surface area contributed by atoms with Gasteiger partial charge in [-0.25, -0.2) is 4.79 Å². The average Bonchev–Trinajstić information content (AvgIpc) is 2.87. The Morgan fingerprint density at radius 1 is 1.32 bits per heavy atom. The summed E-state index contributed by atoms with van der Waals surface area (Å²) in [5.41, 5.74) is 0.466. The second kappa shape index (κ2) is 5.16. The number of ether oxygens (including phenoxy) is 1. The second-order valence-electron chi connectivity index (χ2n) is 3.78. The van der Waals surface area contributed by atoms with E-state index in [1.807, 2.05) is 0 Å². The number of H-pyrrole nitrogens is 1. The van der Waals surface area contributed by atoms with E-state index in [-0.39, 0.29) is 22.6 Å². The van der Waals surface area contributed by atoms with Crippen molar-refractivity contribution in [1.29, 1.82) is 0 Å². The molecule has 0 bridgehead atoms. The maximum Gasteiger partial charge on any atom is 0.352 e. The summed E-state index contributed by atoms with van der Waals surface area (Å²) in [7, 11) is 1.44. The van der Waals surface area contributed by atoms with Crippen LogP contribution >= 0.6 is 11.6 Å². The van der Waals surface area contributed by atoms with E-state index in [1.54, 1.807) is 12.1 Å². The van der Waals surface area contributed by atoms with Crippen LogP contribution in [0.15, 0.2) is 30.5 Å². The molecular formula is C13H10ClNO4. The van der Waals surface area contributed by atoms with Gasteiger partial charge in [0.1, 0.15) is 11.4 Å². The number of ketones is 1. The summed E-state index contributed by atoms with van der Waals surface area (Å²) in [5, 5.41) is 9.21. The van der Waals surface area contributed by atoms with Crippen LogP contribution in [0, 0.1) is 0 Å². The van der Waals surface area contributed by atoms with Gasteiger partial charge in [0, 0.05) is 16.8 Å². The summed E-state index contributed by atoms with van der Waals surface area (Å²) in [6, 6.07) is 5.94. The number of carboxylic acid groups (broad SMARTS) is 1. The lowest BCUT2D eigenvalue weighted by atomic mass is 10.0. The molecule has 19 heavy (non-hydrogen) atoms. The van der Waals surface area contributed by atoms with Gasteiger partial charge in [0.2, 0.25) is 0 Å². The molecule has 0 radical (unpaired) electrons. The predicted octanol–water partition coefficient (Wildman–Crippen LogP) is 2.61. The number of nitrogens with one attached hydrogen (secondary N) is 1. The van der Waals surface area contributed by atoms with Crippen LogP contribution in [-0.2, 0) is 0 Å². The maximum atomic E-state index is 12.3. The fourth-order valence-corrected chi connectivity index (χ4v) is 1.83. The van der Waals surface area contributed by atoms with Crippen molar-refractivity contribution in [3.05, 3.63) is 52.3 Å². The van der Waals surface area contributed by atoms with Crippen molar-refractivity contribution in [3.8, 4) is 5.75 Å². The van der Waals surface area contributed by atoms with Gasteiger partial charge < -0.3 is 14.8 Å². The maximum absolute atomic E-state index is 12.3. The molecule has 6 heteroatoms. The molecule has 0 fully saturated rings. The quantitative estimate of drug-likeness (QED) is 0.843. The smallest absolute Gasteiger partial charge is 0.352 e. The highest BCUT2D eigenvalue weighted by Gasteiger charge is 2.17. The molecule has 0 amide bonds. The normalized spacial score (nSPS) is 10.2. The topological polar surface area (TPSA) is 79.4 Å². The summed E-state index contributed by atoms with van der Waals surface area (Å²) in [5.74, 6) is -1.10. The van der Waals surface area contributed by atoms with Crippen LogP contribution in [0.25, 0.3) is 0 Å². The molecule has 2 aromatic rings. The number of halogens is 1. The van der Waals surface area contributed by atoms with Crippen molar-refractivity contribution in [1.82, 2.24) is 4.98 Å². The van der Waals surface area contributed by atoms with Gasteiger partial charge >= 0.3 is 5.97 Å². The zero-order chi connectivity index (χ0) is 14.0. The minimum absolute atomic E-state index is 0.0515. The summed E-state index contributed by atoms with van der Waals surface area (Å²) in [6.45, 7) is 0. The van der Waals surface area contributed by atoms with Crippen molar-refractivity contribution < 1.29 is 19.4 Å². The monoisotopic (exact) mass is 279 g/mol. The lowest BCUT2D eigenvalue weighted by Gasteiger charge is -2.06. The van der Waals surface area contributed by atoms with Gasteiger partial charge in [-0.15, -0.1) is 0 Å². The average molecular weight is 280 g/mol. The molecule has 0 saturated carbocycles. The third kappa shape index (κ3) is 2.61. The lowest BCUT2D eigenvalue weighted by molar-refractivity contribution is 0.0691. The number of benzene rings is 1. The number of methoxy groups -OCH3 is 1. The number of rotatable bonds is 4. The van der Waals surface area contributed by atoms with Crippen molar-refractivity contribution in [2.45, 2.75) is 0 Å². The molecular weight excluding hydrogens is 270 g/mol. The summed E-state index contributed by atoms with van der Waals surface area (Å²) < 4.78 is 5.09. The summed E-state index contributed by atoms with van der Waals surface area (Å²) >= 11 is 5.85. The van der Waals surface area contributed by atoms with Crippen LogP contribution in [0.3, 0.4) is 0 Å². The van der Waals surface area contributed by atoms with E-state index in [9.17, 15) is 9.59 Å². The van der Waals surface area contributed by atoms with Gasteiger partial charge in [-0.2, -0.15) is 0 Å². The zero-order valence-corrected chi connectivity index (χ0v) is 10.7. The molecule has 0 atom stereocenters. The number of carboxylic acids is 1. The first-order valence-corrected chi connectivity index (χ1v) is 5.70. The third-order valence-electron chi connectivity index (χ3n) is 2.58. The number of hydrogen-bond acceptors (Lipinski definition) is 3. The molecule has 0 aliphatic carbocycles. The third-order valence-corrected chi connectivity index (χ3v) is 2.82. The predicted molar refractivity (Wildman–Crippen MR) is 69.2 cm³/mol. The highest BCUT2D eigenvalue weighted by Crippen LogP contribution is 2.25. The molecule has 2 rings (SSSR count). The Balaban J connectivity index is 2.43. The zero-order valence-electron chi connectivity index (χ0n) is 9.94. The molecule has 0 aliphatic heterocycles. The molecule has 0 unspecified atom stereocenters. The Labute approximate surface area is 113 Å². The first-order valence-electron chi connectivity index (χ1n) is 5.33. The Bertz CT molecular complexity index is 648. The SMILES string of the molecule is COc1ccc(Cl)cc1C(=O)c1c[nH]c(C(=O)O)c1.